The van der Waals surface area contributed by atoms with E-state index in [2.05, 4.69) is 6.92 Å². The Morgan fingerprint density at radius 1 is 0.600 bits per heavy atom. The molecule has 0 bridgehead atoms. The van der Waals surface area contributed by atoms with E-state index in [1.807, 2.05) is 6.07 Å². The van der Waals surface area contributed by atoms with Crippen LogP contribution in [-0.2, 0) is 19.3 Å². The van der Waals surface area contributed by atoms with Crippen LogP contribution in [0.5, 0.6) is 0 Å². The van der Waals surface area contributed by atoms with Crippen LogP contribution in [0.1, 0.15) is 48.4 Å². The number of rotatable bonds is 8. The third-order valence-electron chi connectivity index (χ3n) is 7.67. The molecule has 0 spiro atoms. The van der Waals surface area contributed by atoms with Gasteiger partial charge in [0.1, 0.15) is 34.9 Å². The fourth-order valence-corrected chi connectivity index (χ4v) is 5.44. The summed E-state index contributed by atoms with van der Waals surface area (Å²) in [6.07, 6.45) is -1.34. The third kappa shape index (κ3) is 6.95. The van der Waals surface area contributed by atoms with Crippen LogP contribution in [-0.4, -0.2) is 6.18 Å². The Balaban J connectivity index is 1.40. The van der Waals surface area contributed by atoms with Gasteiger partial charge >= 0.3 is 6.18 Å². The molecular weight excluding hydrogens is 603 g/mol. The van der Waals surface area contributed by atoms with Crippen molar-refractivity contribution in [3.63, 3.8) is 0 Å². The van der Waals surface area contributed by atoms with Crippen LogP contribution in [0.25, 0.3) is 32.7 Å². The molecule has 0 aliphatic rings. The summed E-state index contributed by atoms with van der Waals surface area (Å²) >= 11 is 0. The highest BCUT2D eigenvalue weighted by molar-refractivity contribution is 5.89. The standard InChI is InChI=1S/C36H25F9/c1-2-3-4-5-20-6-9-25-23(14-20)18-29(37)27(34(25)41)10-7-21-15-31(39)33(32(40)16-21)22-8-11-26-24(17-22)19-30(38)28(35(26)42)12-13-36(43,44)45/h6,8-9,11,14-19H,2-5,7,10H2,1H3. The van der Waals surface area contributed by atoms with Gasteiger partial charge in [-0.05, 0) is 83.5 Å². The fraction of sp³-hybridized carbons (Fsp3) is 0.222. The molecule has 0 atom stereocenters. The Bertz CT molecular complexity index is 1950. The van der Waals surface area contributed by atoms with Crippen LogP contribution in [0.15, 0.2) is 60.7 Å². The molecule has 45 heavy (non-hydrogen) atoms. The molecule has 5 aromatic rings. The number of aryl methyl sites for hydroxylation is 2. The van der Waals surface area contributed by atoms with Crippen LogP contribution in [0, 0.1) is 46.7 Å². The van der Waals surface area contributed by atoms with Crippen molar-refractivity contribution in [2.45, 2.75) is 51.6 Å². The van der Waals surface area contributed by atoms with Crippen molar-refractivity contribution in [2.75, 3.05) is 0 Å². The summed E-state index contributed by atoms with van der Waals surface area (Å²) in [5, 5.41) is 0.237. The molecule has 5 rings (SSSR count). The van der Waals surface area contributed by atoms with Crippen LogP contribution < -0.4 is 0 Å². The lowest BCUT2D eigenvalue weighted by atomic mass is 9.95. The monoisotopic (exact) mass is 628 g/mol. The molecule has 0 aliphatic heterocycles. The van der Waals surface area contributed by atoms with Gasteiger partial charge in [-0.25, -0.2) is 26.3 Å². The Labute approximate surface area is 253 Å². The molecule has 232 valence electrons. The SMILES string of the molecule is CCCCCc1ccc2c(F)c(CCc3cc(F)c(-c4ccc5c(F)c(C#CC(F)(F)F)c(F)cc5c4)c(F)c3)c(F)cc2c1. The zero-order valence-electron chi connectivity index (χ0n) is 23.9. The number of unbranched alkanes of at least 4 members (excludes halogenated alkanes) is 2. The van der Waals surface area contributed by atoms with Gasteiger partial charge in [-0.15, -0.1) is 0 Å². The molecule has 0 fully saturated rings. The van der Waals surface area contributed by atoms with Gasteiger partial charge in [-0.3, -0.25) is 0 Å². The van der Waals surface area contributed by atoms with E-state index in [1.54, 1.807) is 12.1 Å². The fourth-order valence-electron chi connectivity index (χ4n) is 5.44. The first-order valence-corrected chi connectivity index (χ1v) is 14.3. The Morgan fingerprint density at radius 3 is 1.93 bits per heavy atom. The maximum absolute atomic E-state index is 15.3. The van der Waals surface area contributed by atoms with E-state index in [4.69, 9.17) is 0 Å². The molecule has 0 heterocycles. The molecule has 0 saturated carbocycles. The molecule has 0 saturated heterocycles. The Morgan fingerprint density at radius 2 is 1.24 bits per heavy atom. The van der Waals surface area contributed by atoms with E-state index in [0.717, 1.165) is 73.6 Å². The van der Waals surface area contributed by atoms with E-state index < -0.39 is 52.2 Å². The molecule has 0 nitrogen and oxygen atoms in total. The maximum atomic E-state index is 15.3. The highest BCUT2D eigenvalue weighted by Crippen LogP contribution is 2.33. The van der Waals surface area contributed by atoms with E-state index in [-0.39, 0.29) is 45.7 Å². The van der Waals surface area contributed by atoms with Gasteiger partial charge in [0.15, 0.2) is 0 Å². The van der Waals surface area contributed by atoms with Crippen molar-refractivity contribution in [1.29, 1.82) is 0 Å². The molecule has 0 aliphatic carbocycles. The minimum absolute atomic E-state index is 0.0849. The van der Waals surface area contributed by atoms with Crippen LogP contribution >= 0.6 is 0 Å². The molecule has 0 amide bonds. The van der Waals surface area contributed by atoms with Gasteiger partial charge in [0.2, 0.25) is 0 Å². The molecule has 0 unspecified atom stereocenters. The van der Waals surface area contributed by atoms with Crippen LogP contribution in [0.4, 0.5) is 39.5 Å². The quantitative estimate of drug-likeness (QED) is 0.0911. The average Bonchev–Trinajstić information content (AvgIpc) is 2.96. The highest BCUT2D eigenvalue weighted by Gasteiger charge is 2.24. The largest absolute Gasteiger partial charge is 0.458 e. The van der Waals surface area contributed by atoms with E-state index in [9.17, 15) is 26.3 Å². The number of hydrogen-bond donors (Lipinski definition) is 0. The third-order valence-corrected chi connectivity index (χ3v) is 7.67. The predicted octanol–water partition coefficient (Wildman–Crippen LogP) is 10.9. The second-order valence-corrected chi connectivity index (χ2v) is 10.8. The normalized spacial score (nSPS) is 11.7. The van der Waals surface area contributed by atoms with E-state index in [1.165, 1.54) is 12.0 Å². The van der Waals surface area contributed by atoms with Crippen molar-refractivity contribution >= 4 is 21.5 Å². The second-order valence-electron chi connectivity index (χ2n) is 10.8. The first-order valence-electron chi connectivity index (χ1n) is 14.3. The van der Waals surface area contributed by atoms with Gasteiger partial charge in [0.25, 0.3) is 0 Å². The molecule has 0 radical (unpaired) electrons. The van der Waals surface area contributed by atoms with Crippen molar-refractivity contribution in [3.05, 3.63) is 118 Å². The van der Waals surface area contributed by atoms with Gasteiger partial charge in [-0.2, -0.15) is 13.2 Å². The van der Waals surface area contributed by atoms with Crippen molar-refractivity contribution in [2.24, 2.45) is 0 Å². The van der Waals surface area contributed by atoms with Crippen molar-refractivity contribution < 1.29 is 39.5 Å². The van der Waals surface area contributed by atoms with E-state index >= 15 is 13.2 Å². The first kappa shape index (κ1) is 32.0. The summed E-state index contributed by atoms with van der Waals surface area (Å²) in [6.45, 7) is 2.09. The number of halogens is 9. The van der Waals surface area contributed by atoms with Crippen molar-refractivity contribution in [3.8, 4) is 23.0 Å². The minimum Gasteiger partial charge on any atom is -0.207 e. The molecule has 0 aromatic heterocycles. The maximum Gasteiger partial charge on any atom is 0.458 e. The Hall–Kier alpha value is -4.45. The topological polar surface area (TPSA) is 0 Å². The zero-order chi connectivity index (χ0) is 32.5. The molecule has 0 N–H and O–H groups in total. The summed E-state index contributed by atoms with van der Waals surface area (Å²) in [7, 11) is 0. The number of alkyl halides is 3. The summed E-state index contributed by atoms with van der Waals surface area (Å²) in [5.74, 6) is -3.98. The Kier molecular flexibility index (Phi) is 9.15. The van der Waals surface area contributed by atoms with Gasteiger partial charge in [0, 0.05) is 22.3 Å². The molecular formula is C36H25F9. The number of benzene rings is 5. The van der Waals surface area contributed by atoms with Crippen LogP contribution in [0.3, 0.4) is 0 Å². The van der Waals surface area contributed by atoms with Crippen molar-refractivity contribution in [1.82, 2.24) is 0 Å². The van der Waals surface area contributed by atoms with Crippen LogP contribution in [0.2, 0.25) is 0 Å². The van der Waals surface area contributed by atoms with Gasteiger partial charge < -0.3 is 0 Å². The number of hydrogen-bond acceptors (Lipinski definition) is 0. The highest BCUT2D eigenvalue weighted by atomic mass is 19.4. The summed E-state index contributed by atoms with van der Waals surface area (Å²) in [5.41, 5.74) is -0.775. The number of fused-ring (bicyclic) bond motifs is 2. The lowest BCUT2D eigenvalue weighted by molar-refractivity contribution is -0.0696. The van der Waals surface area contributed by atoms with Gasteiger partial charge in [0.05, 0.1) is 11.1 Å². The summed E-state index contributed by atoms with van der Waals surface area (Å²) in [6, 6.07) is 12.5. The lowest BCUT2D eigenvalue weighted by Gasteiger charge is -2.12. The molecule has 9 heteroatoms. The average molecular weight is 629 g/mol. The van der Waals surface area contributed by atoms with E-state index in [0.29, 0.717) is 5.39 Å². The lowest BCUT2D eigenvalue weighted by Crippen LogP contribution is -2.03. The van der Waals surface area contributed by atoms with Gasteiger partial charge in [-0.1, -0.05) is 56.0 Å². The first-order chi connectivity index (χ1) is 21.4. The predicted molar refractivity (Wildman–Crippen MR) is 157 cm³/mol. The second kappa shape index (κ2) is 12.9. The minimum atomic E-state index is -4.96. The summed E-state index contributed by atoms with van der Waals surface area (Å²) in [4.78, 5) is 0. The summed E-state index contributed by atoms with van der Waals surface area (Å²) < 4.78 is 127. The zero-order valence-corrected chi connectivity index (χ0v) is 23.9. The molecule has 5 aromatic carbocycles. The smallest absolute Gasteiger partial charge is 0.207 e.